The van der Waals surface area contributed by atoms with Gasteiger partial charge in [0.1, 0.15) is 5.69 Å². The molecule has 0 aliphatic rings. The Morgan fingerprint density at radius 2 is 1.73 bits per heavy atom. The minimum Gasteiger partial charge on any atom is -0.227 e. The van der Waals surface area contributed by atoms with Crippen LogP contribution in [0.5, 0.6) is 0 Å². The lowest BCUT2D eigenvalue weighted by Gasteiger charge is -2.05. The maximum Gasteiger partial charge on any atom is 0.416 e. The highest BCUT2D eigenvalue weighted by atomic mass is 19.4. The molecule has 0 unspecified atom stereocenters. The summed E-state index contributed by atoms with van der Waals surface area (Å²) in [6, 6.07) is 13.6. The van der Waals surface area contributed by atoms with E-state index in [9.17, 15) is 13.2 Å². The summed E-state index contributed by atoms with van der Waals surface area (Å²) in [5.74, 6) is 0.906. The van der Waals surface area contributed by atoms with Gasteiger partial charge >= 0.3 is 6.18 Å². The van der Waals surface area contributed by atoms with Gasteiger partial charge in [-0.25, -0.2) is 4.57 Å². The van der Waals surface area contributed by atoms with Gasteiger partial charge in [0.2, 0.25) is 0 Å². The number of aryl methyl sites for hydroxylation is 1. The van der Waals surface area contributed by atoms with Crippen molar-refractivity contribution in [3.63, 3.8) is 0 Å². The zero-order chi connectivity index (χ0) is 15.9. The van der Waals surface area contributed by atoms with E-state index in [0.717, 1.165) is 23.1 Å². The molecule has 0 atom stereocenters. The average molecular weight is 305 g/mol. The number of nitrogens with zero attached hydrogens (tertiary/aromatic N) is 2. The van der Waals surface area contributed by atoms with Crippen LogP contribution < -0.4 is 4.57 Å². The van der Waals surface area contributed by atoms with Crippen LogP contribution >= 0.6 is 0 Å². The van der Waals surface area contributed by atoms with Crippen LogP contribution in [0.4, 0.5) is 13.2 Å². The molecule has 1 heterocycles. The van der Waals surface area contributed by atoms with E-state index in [2.05, 4.69) is 0 Å². The SMILES string of the molecule is CC[n+]1c(C)n(-c2ccccc2)c2ccc(C(F)(F)F)cc21. The van der Waals surface area contributed by atoms with E-state index in [4.69, 9.17) is 0 Å². The number of hydrogen-bond acceptors (Lipinski definition) is 0. The predicted molar refractivity (Wildman–Crippen MR) is 78.9 cm³/mol. The summed E-state index contributed by atoms with van der Waals surface area (Å²) >= 11 is 0. The maximum atomic E-state index is 13.0. The van der Waals surface area contributed by atoms with Crippen molar-refractivity contribution in [3.05, 3.63) is 59.9 Å². The van der Waals surface area contributed by atoms with Crippen LogP contribution in [0, 0.1) is 6.92 Å². The Labute approximate surface area is 126 Å². The lowest BCUT2D eigenvalue weighted by atomic mass is 10.2. The van der Waals surface area contributed by atoms with Gasteiger partial charge in [-0.3, -0.25) is 0 Å². The molecule has 0 fully saturated rings. The third kappa shape index (κ3) is 2.26. The second-order valence-electron chi connectivity index (χ2n) is 5.16. The minimum absolute atomic E-state index is 0.596. The predicted octanol–water partition coefficient (Wildman–Crippen LogP) is 4.27. The molecule has 114 valence electrons. The third-order valence-corrected chi connectivity index (χ3v) is 3.88. The molecule has 0 bridgehead atoms. The first-order valence-corrected chi connectivity index (χ1v) is 7.11. The van der Waals surface area contributed by atoms with Crippen molar-refractivity contribution < 1.29 is 17.7 Å². The molecule has 5 heteroatoms. The fourth-order valence-electron chi connectivity index (χ4n) is 2.88. The summed E-state index contributed by atoms with van der Waals surface area (Å²) in [6.45, 7) is 4.47. The standard InChI is InChI=1S/C17H16F3N2/c1-3-21-12(2)22(14-7-5-4-6-8-14)15-10-9-13(11-16(15)21)17(18,19)20/h4-11H,3H2,1-2H3/q+1. The van der Waals surface area contributed by atoms with Gasteiger partial charge in [-0.15, -0.1) is 0 Å². The molecule has 0 aliphatic heterocycles. The van der Waals surface area contributed by atoms with E-state index >= 15 is 0 Å². The molecule has 3 rings (SSSR count). The van der Waals surface area contributed by atoms with Crippen molar-refractivity contribution in [1.29, 1.82) is 0 Å². The number of imidazole rings is 1. The molecule has 2 aromatic carbocycles. The smallest absolute Gasteiger partial charge is 0.227 e. The number of aromatic nitrogens is 2. The molecule has 0 spiro atoms. The Bertz CT molecular complexity index is 817. The van der Waals surface area contributed by atoms with E-state index in [0.29, 0.717) is 12.1 Å². The van der Waals surface area contributed by atoms with Crippen LogP contribution in [-0.2, 0) is 12.7 Å². The number of halogens is 3. The highest BCUT2D eigenvalue weighted by molar-refractivity contribution is 5.76. The summed E-state index contributed by atoms with van der Waals surface area (Å²) in [5.41, 5.74) is 1.70. The molecule has 3 aromatic rings. The van der Waals surface area contributed by atoms with E-state index in [-0.39, 0.29) is 0 Å². The summed E-state index contributed by atoms with van der Waals surface area (Å²) < 4.78 is 42.8. The van der Waals surface area contributed by atoms with Gasteiger partial charge in [-0.1, -0.05) is 18.2 Å². The molecular formula is C17H16F3N2+. The van der Waals surface area contributed by atoms with Crippen molar-refractivity contribution in [2.75, 3.05) is 0 Å². The minimum atomic E-state index is -4.33. The summed E-state index contributed by atoms with van der Waals surface area (Å²) in [7, 11) is 0. The largest absolute Gasteiger partial charge is 0.416 e. The second-order valence-corrected chi connectivity index (χ2v) is 5.16. The number of benzene rings is 2. The topological polar surface area (TPSA) is 8.81 Å². The lowest BCUT2D eigenvalue weighted by Crippen LogP contribution is -2.35. The highest BCUT2D eigenvalue weighted by Crippen LogP contribution is 2.31. The van der Waals surface area contributed by atoms with Gasteiger partial charge in [0.25, 0.3) is 5.82 Å². The molecule has 0 saturated heterocycles. The van der Waals surface area contributed by atoms with Crippen molar-refractivity contribution in [2.45, 2.75) is 26.6 Å². The van der Waals surface area contributed by atoms with Crippen LogP contribution in [0.3, 0.4) is 0 Å². The van der Waals surface area contributed by atoms with Gasteiger partial charge in [0.15, 0.2) is 11.0 Å². The Balaban J connectivity index is 2.33. The van der Waals surface area contributed by atoms with Gasteiger partial charge in [-0.2, -0.15) is 17.7 Å². The Morgan fingerprint density at radius 1 is 1.05 bits per heavy atom. The van der Waals surface area contributed by atoms with Gasteiger partial charge < -0.3 is 0 Å². The molecule has 22 heavy (non-hydrogen) atoms. The van der Waals surface area contributed by atoms with E-state index in [1.807, 2.05) is 53.3 Å². The zero-order valence-corrected chi connectivity index (χ0v) is 12.4. The Hall–Kier alpha value is -2.30. The maximum absolute atomic E-state index is 13.0. The fraction of sp³-hybridized carbons (Fsp3) is 0.235. The summed E-state index contributed by atoms with van der Waals surface area (Å²) in [5, 5.41) is 0. The second kappa shape index (κ2) is 5.16. The quantitative estimate of drug-likeness (QED) is 0.625. The molecule has 0 amide bonds. The van der Waals surface area contributed by atoms with Gasteiger partial charge in [-0.05, 0) is 31.2 Å². The first-order chi connectivity index (χ1) is 10.4. The van der Waals surface area contributed by atoms with Gasteiger partial charge in [0.05, 0.1) is 12.1 Å². The average Bonchev–Trinajstić information content (AvgIpc) is 2.77. The fourth-order valence-corrected chi connectivity index (χ4v) is 2.88. The monoisotopic (exact) mass is 305 g/mol. The van der Waals surface area contributed by atoms with Crippen molar-refractivity contribution in [3.8, 4) is 5.69 Å². The number of para-hydroxylation sites is 1. The normalized spacial score (nSPS) is 12.0. The van der Waals surface area contributed by atoms with Crippen LogP contribution in [0.15, 0.2) is 48.5 Å². The Kier molecular flexibility index (Phi) is 3.43. The van der Waals surface area contributed by atoms with Crippen LogP contribution in [0.25, 0.3) is 16.7 Å². The van der Waals surface area contributed by atoms with Crippen molar-refractivity contribution in [1.82, 2.24) is 4.57 Å². The lowest BCUT2D eigenvalue weighted by molar-refractivity contribution is -0.674. The van der Waals surface area contributed by atoms with Gasteiger partial charge in [0, 0.05) is 13.0 Å². The number of hydrogen-bond donors (Lipinski definition) is 0. The first kappa shape index (κ1) is 14.6. The Morgan fingerprint density at radius 3 is 2.32 bits per heavy atom. The number of rotatable bonds is 2. The van der Waals surface area contributed by atoms with Crippen LogP contribution in [0.1, 0.15) is 18.3 Å². The van der Waals surface area contributed by atoms with Crippen LogP contribution in [-0.4, -0.2) is 4.57 Å². The molecule has 1 aromatic heterocycles. The first-order valence-electron chi connectivity index (χ1n) is 7.11. The molecule has 0 N–H and O–H groups in total. The highest BCUT2D eigenvalue weighted by Gasteiger charge is 2.33. The molecule has 0 aliphatic carbocycles. The van der Waals surface area contributed by atoms with E-state index in [1.54, 1.807) is 6.07 Å². The summed E-state index contributed by atoms with van der Waals surface area (Å²) in [4.78, 5) is 0. The van der Waals surface area contributed by atoms with E-state index in [1.165, 1.54) is 6.07 Å². The third-order valence-electron chi connectivity index (χ3n) is 3.88. The molecule has 0 saturated carbocycles. The number of alkyl halides is 3. The van der Waals surface area contributed by atoms with Crippen molar-refractivity contribution >= 4 is 11.0 Å². The molecule has 0 radical (unpaired) electrons. The molecular weight excluding hydrogens is 289 g/mol. The zero-order valence-electron chi connectivity index (χ0n) is 12.4. The number of fused-ring (bicyclic) bond motifs is 1. The van der Waals surface area contributed by atoms with Crippen LogP contribution in [0.2, 0.25) is 0 Å². The van der Waals surface area contributed by atoms with Crippen molar-refractivity contribution in [2.24, 2.45) is 0 Å². The molecule has 2 nitrogen and oxygen atoms in total. The van der Waals surface area contributed by atoms with E-state index < -0.39 is 11.7 Å². The summed E-state index contributed by atoms with van der Waals surface area (Å²) in [6.07, 6.45) is -4.33.